The van der Waals surface area contributed by atoms with Crippen LogP contribution in [0, 0.1) is 5.92 Å². The molecule has 1 aromatic carbocycles. The van der Waals surface area contributed by atoms with Gasteiger partial charge in [0.2, 0.25) is 5.91 Å². The number of amides is 1. The average molecular weight is 491 g/mol. The van der Waals surface area contributed by atoms with Gasteiger partial charge in [-0.2, -0.15) is 0 Å². The van der Waals surface area contributed by atoms with Gasteiger partial charge in [0, 0.05) is 18.8 Å². The molecule has 0 unspecified atom stereocenters. The molecule has 1 fully saturated rings. The van der Waals surface area contributed by atoms with Gasteiger partial charge in [-0.25, -0.2) is 4.98 Å². The number of aromatic nitrogens is 1. The lowest BCUT2D eigenvalue weighted by atomic mass is 9.93. The molecule has 3 aliphatic rings. The Morgan fingerprint density at radius 3 is 2.89 bits per heavy atom. The zero-order valence-corrected chi connectivity index (χ0v) is 21.1. The number of nitrogens with zero attached hydrogens (tertiary/aromatic N) is 2. The molecule has 2 atom stereocenters. The summed E-state index contributed by atoms with van der Waals surface area (Å²) in [6.45, 7) is 3.69. The molecule has 1 aromatic heterocycles. The monoisotopic (exact) mass is 490 g/mol. The zero-order chi connectivity index (χ0) is 24.9. The van der Waals surface area contributed by atoms with E-state index >= 15 is 0 Å². The van der Waals surface area contributed by atoms with Crippen molar-refractivity contribution in [3.63, 3.8) is 0 Å². The lowest BCUT2D eigenvalue weighted by molar-refractivity contribution is -0.138. The molecule has 3 heterocycles. The maximum atomic E-state index is 13.3. The molecule has 2 aromatic rings. The largest absolute Gasteiger partial charge is 0.481 e. The van der Waals surface area contributed by atoms with Crippen LogP contribution in [0.4, 0.5) is 5.82 Å². The molecule has 192 valence electrons. The van der Waals surface area contributed by atoms with Gasteiger partial charge in [0.15, 0.2) is 0 Å². The fourth-order valence-corrected chi connectivity index (χ4v) is 6.14. The number of benzene rings is 1. The van der Waals surface area contributed by atoms with E-state index in [9.17, 15) is 14.7 Å². The normalized spacial score (nSPS) is 20.2. The summed E-state index contributed by atoms with van der Waals surface area (Å²) in [7, 11) is 0. The first-order chi connectivity index (χ1) is 17.6. The molecule has 0 radical (unpaired) electrons. The van der Waals surface area contributed by atoms with E-state index in [2.05, 4.69) is 33.7 Å². The van der Waals surface area contributed by atoms with E-state index in [1.807, 2.05) is 12.1 Å². The number of pyridine rings is 1. The Balaban J connectivity index is 1.16. The summed E-state index contributed by atoms with van der Waals surface area (Å²) in [5.41, 5.74) is 5.96. The van der Waals surface area contributed by atoms with Gasteiger partial charge in [0.25, 0.3) is 0 Å². The molecule has 7 nitrogen and oxygen atoms in total. The van der Waals surface area contributed by atoms with Crippen molar-refractivity contribution in [1.29, 1.82) is 0 Å². The molecule has 7 heteroatoms. The van der Waals surface area contributed by atoms with Crippen molar-refractivity contribution in [3.05, 3.63) is 58.3 Å². The minimum Gasteiger partial charge on any atom is -0.481 e. The lowest BCUT2D eigenvalue weighted by Crippen LogP contribution is -2.44. The SMILES string of the molecule is O=C(O)C[C@@H](NC(=O)[C@@H]1CCCN(CCCc2ccc3c(n2)NCCC3)C1)c1cccc2c1CCC2. The summed E-state index contributed by atoms with van der Waals surface area (Å²) in [5.74, 6) is 0.0578. The van der Waals surface area contributed by atoms with Crippen LogP contribution in [0.25, 0.3) is 0 Å². The summed E-state index contributed by atoms with van der Waals surface area (Å²) < 4.78 is 0. The van der Waals surface area contributed by atoms with E-state index < -0.39 is 12.0 Å². The fraction of sp³-hybridized carbons (Fsp3) is 0.552. The van der Waals surface area contributed by atoms with Gasteiger partial charge in [-0.05, 0) is 99.2 Å². The number of carboxylic acid groups (broad SMARTS) is 1. The smallest absolute Gasteiger partial charge is 0.305 e. The summed E-state index contributed by atoms with van der Waals surface area (Å²) in [6.07, 6.45) is 9.07. The maximum absolute atomic E-state index is 13.3. The van der Waals surface area contributed by atoms with Gasteiger partial charge in [0.1, 0.15) is 5.82 Å². The van der Waals surface area contributed by atoms with Crippen LogP contribution in [0.15, 0.2) is 30.3 Å². The van der Waals surface area contributed by atoms with Crippen molar-refractivity contribution in [1.82, 2.24) is 15.2 Å². The Labute approximate surface area is 213 Å². The quantitative estimate of drug-likeness (QED) is 0.494. The van der Waals surface area contributed by atoms with E-state index in [1.54, 1.807) is 0 Å². The van der Waals surface area contributed by atoms with E-state index in [0.717, 1.165) is 94.6 Å². The van der Waals surface area contributed by atoms with Gasteiger partial charge < -0.3 is 20.6 Å². The molecule has 0 saturated carbocycles. The number of likely N-dealkylation sites (tertiary alicyclic amines) is 1. The van der Waals surface area contributed by atoms with Crippen LogP contribution >= 0.6 is 0 Å². The highest BCUT2D eigenvalue weighted by molar-refractivity contribution is 5.80. The third-order valence-corrected chi connectivity index (χ3v) is 7.99. The number of piperidine rings is 1. The molecule has 0 bridgehead atoms. The highest BCUT2D eigenvalue weighted by atomic mass is 16.4. The van der Waals surface area contributed by atoms with Crippen molar-refractivity contribution in [2.75, 3.05) is 31.5 Å². The Kier molecular flexibility index (Phi) is 7.85. The molecule has 2 aliphatic heterocycles. The third kappa shape index (κ3) is 5.89. The van der Waals surface area contributed by atoms with Crippen LogP contribution in [0.1, 0.15) is 72.5 Å². The number of hydrogen-bond donors (Lipinski definition) is 3. The fourth-order valence-electron chi connectivity index (χ4n) is 6.14. The van der Waals surface area contributed by atoms with Crippen molar-refractivity contribution >= 4 is 17.7 Å². The molecule has 1 amide bonds. The molecule has 3 N–H and O–H groups in total. The van der Waals surface area contributed by atoms with Crippen LogP contribution in [0.5, 0.6) is 0 Å². The molecule has 0 spiro atoms. The molecule has 1 aliphatic carbocycles. The van der Waals surface area contributed by atoms with Gasteiger partial charge in [-0.15, -0.1) is 0 Å². The molecule has 1 saturated heterocycles. The first kappa shape index (κ1) is 24.8. The third-order valence-electron chi connectivity index (χ3n) is 7.99. The second-order valence-electron chi connectivity index (χ2n) is 10.6. The van der Waals surface area contributed by atoms with Crippen LogP contribution < -0.4 is 10.6 Å². The first-order valence-corrected chi connectivity index (χ1v) is 13.6. The predicted octanol–water partition coefficient (Wildman–Crippen LogP) is 3.91. The minimum atomic E-state index is -0.882. The van der Waals surface area contributed by atoms with Crippen molar-refractivity contribution < 1.29 is 14.7 Å². The second kappa shape index (κ2) is 11.4. The summed E-state index contributed by atoms with van der Waals surface area (Å²) in [6, 6.07) is 10.0. The number of carboxylic acids is 1. The number of carbonyl (C=O) groups is 2. The summed E-state index contributed by atoms with van der Waals surface area (Å²) >= 11 is 0. The highest BCUT2D eigenvalue weighted by Gasteiger charge is 2.30. The Morgan fingerprint density at radius 1 is 1.11 bits per heavy atom. The average Bonchev–Trinajstić information content (AvgIpc) is 3.37. The maximum Gasteiger partial charge on any atom is 0.305 e. The van der Waals surface area contributed by atoms with Crippen LogP contribution in [-0.2, 0) is 35.3 Å². The standard InChI is InChI=1S/C29H38N4O3/c34-27(35)18-26(25-12-2-7-20-6-1-11-24(20)25)32-29(36)22-9-4-16-33(19-22)17-5-10-23-14-13-21-8-3-15-30-28(21)31-23/h2,7,12-14,22,26H,1,3-6,8-11,15-19H2,(H,30,31)(H,32,36)(H,34,35)/t22-,26-/m1/s1. The number of carbonyl (C=O) groups excluding carboxylic acids is 1. The summed E-state index contributed by atoms with van der Waals surface area (Å²) in [4.78, 5) is 32.1. The number of nitrogens with one attached hydrogen (secondary N) is 2. The lowest BCUT2D eigenvalue weighted by Gasteiger charge is -2.33. The van der Waals surface area contributed by atoms with Crippen LogP contribution in [0.2, 0.25) is 0 Å². The number of anilines is 1. The van der Waals surface area contributed by atoms with Crippen LogP contribution in [0.3, 0.4) is 0 Å². The Bertz CT molecular complexity index is 1100. The Hall–Kier alpha value is -2.93. The van der Waals surface area contributed by atoms with E-state index in [4.69, 9.17) is 4.98 Å². The van der Waals surface area contributed by atoms with Crippen molar-refractivity contribution in [2.45, 2.75) is 70.3 Å². The number of rotatable bonds is 9. The number of hydrogen-bond acceptors (Lipinski definition) is 5. The van der Waals surface area contributed by atoms with Gasteiger partial charge in [0.05, 0.1) is 18.4 Å². The van der Waals surface area contributed by atoms with Crippen LogP contribution in [-0.4, -0.2) is 53.0 Å². The molecule has 36 heavy (non-hydrogen) atoms. The molecular weight excluding hydrogens is 452 g/mol. The number of aryl methyl sites for hydroxylation is 3. The number of aliphatic carboxylic acids is 1. The predicted molar refractivity (Wildman–Crippen MR) is 140 cm³/mol. The Morgan fingerprint density at radius 2 is 2.00 bits per heavy atom. The summed E-state index contributed by atoms with van der Waals surface area (Å²) in [5, 5.41) is 16.1. The van der Waals surface area contributed by atoms with Gasteiger partial charge in [-0.3, -0.25) is 9.59 Å². The van der Waals surface area contributed by atoms with Crippen molar-refractivity contribution in [3.8, 4) is 0 Å². The van der Waals surface area contributed by atoms with Gasteiger partial charge >= 0.3 is 5.97 Å². The molecular formula is C29H38N4O3. The molecule has 5 rings (SSSR count). The van der Waals surface area contributed by atoms with Gasteiger partial charge in [-0.1, -0.05) is 24.3 Å². The minimum absolute atomic E-state index is 0.0102. The second-order valence-corrected chi connectivity index (χ2v) is 10.6. The van der Waals surface area contributed by atoms with E-state index in [0.29, 0.717) is 0 Å². The van der Waals surface area contributed by atoms with E-state index in [-0.39, 0.29) is 18.2 Å². The first-order valence-electron chi connectivity index (χ1n) is 13.6. The zero-order valence-electron chi connectivity index (χ0n) is 21.1. The van der Waals surface area contributed by atoms with Crippen molar-refractivity contribution in [2.24, 2.45) is 5.92 Å². The highest BCUT2D eigenvalue weighted by Crippen LogP contribution is 2.31. The number of fused-ring (bicyclic) bond motifs is 2. The van der Waals surface area contributed by atoms with E-state index in [1.165, 1.54) is 23.1 Å². The topological polar surface area (TPSA) is 94.6 Å².